The molecule has 0 unspecified atom stereocenters. The zero-order valence-electron chi connectivity index (χ0n) is 24.5. The Kier molecular flexibility index (Phi) is 11.8. The highest BCUT2D eigenvalue weighted by Crippen LogP contribution is 2.34. The van der Waals surface area contributed by atoms with Crippen LogP contribution in [0.5, 0.6) is 23.0 Å². The Morgan fingerprint density at radius 1 is 0.925 bits per heavy atom. The Morgan fingerprint density at radius 2 is 1.55 bits per heavy atom. The first kappa shape index (κ1) is 31.4. The number of carbonyl (C=O) groups is 2. The van der Waals surface area contributed by atoms with E-state index in [-0.39, 0.29) is 36.4 Å². The van der Waals surface area contributed by atoms with Crippen LogP contribution in [0.15, 0.2) is 36.4 Å². The predicted molar refractivity (Wildman–Crippen MR) is 157 cm³/mol. The van der Waals surface area contributed by atoms with Gasteiger partial charge in [0.25, 0.3) is 0 Å². The molecule has 220 valence electrons. The van der Waals surface area contributed by atoms with E-state index < -0.39 is 6.04 Å². The van der Waals surface area contributed by atoms with Crippen molar-refractivity contribution in [3.8, 4) is 23.0 Å². The van der Waals surface area contributed by atoms with Crippen LogP contribution in [0.4, 0.5) is 0 Å². The molecule has 0 heterocycles. The average Bonchev–Trinajstić information content (AvgIpc) is 2.95. The van der Waals surface area contributed by atoms with Crippen LogP contribution in [0.2, 0.25) is 0 Å². The fraction of sp³-hybridized carbons (Fsp3) is 0.548. The number of alkyl halides is 1. The summed E-state index contributed by atoms with van der Waals surface area (Å²) in [6.07, 6.45) is 4.39. The number of nitrogens with zero attached hydrogens (tertiary/aromatic N) is 1. The molecular formula is C31H43ClN2O6. The topological polar surface area (TPSA) is 86.3 Å². The van der Waals surface area contributed by atoms with Gasteiger partial charge in [-0.1, -0.05) is 19.1 Å². The first-order valence-electron chi connectivity index (χ1n) is 13.9. The highest BCUT2D eigenvalue weighted by Gasteiger charge is 2.33. The summed E-state index contributed by atoms with van der Waals surface area (Å²) >= 11 is 6.10. The molecule has 0 aliphatic heterocycles. The SMILES string of the molecule is COc1ccc(CCN(C(=O)CCl)[C@H](C(=O)NC2CCC(C)CC2)c2ccc(OC(C)C)c(OC)c2)cc1OC. The predicted octanol–water partition coefficient (Wildman–Crippen LogP) is 5.55. The third-order valence-corrected chi connectivity index (χ3v) is 7.54. The Balaban J connectivity index is 1.97. The average molecular weight is 575 g/mol. The van der Waals surface area contributed by atoms with E-state index >= 15 is 0 Å². The third kappa shape index (κ3) is 8.19. The van der Waals surface area contributed by atoms with Crippen LogP contribution in [0, 0.1) is 5.92 Å². The summed E-state index contributed by atoms with van der Waals surface area (Å²) in [6, 6.07) is 10.2. The van der Waals surface area contributed by atoms with Gasteiger partial charge in [0.15, 0.2) is 23.0 Å². The van der Waals surface area contributed by atoms with Crippen LogP contribution >= 0.6 is 11.6 Å². The zero-order chi connectivity index (χ0) is 29.2. The van der Waals surface area contributed by atoms with E-state index in [4.69, 9.17) is 30.5 Å². The smallest absolute Gasteiger partial charge is 0.247 e. The minimum atomic E-state index is -0.896. The lowest BCUT2D eigenvalue weighted by Crippen LogP contribution is -2.48. The number of hydrogen-bond donors (Lipinski definition) is 1. The van der Waals surface area contributed by atoms with Gasteiger partial charge in [0, 0.05) is 12.6 Å². The minimum Gasteiger partial charge on any atom is -0.493 e. The molecule has 9 heteroatoms. The Morgan fingerprint density at radius 3 is 2.15 bits per heavy atom. The molecule has 1 atom stereocenters. The first-order valence-corrected chi connectivity index (χ1v) is 14.4. The number of methoxy groups -OCH3 is 3. The lowest BCUT2D eigenvalue weighted by Gasteiger charge is -2.34. The van der Waals surface area contributed by atoms with Gasteiger partial charge in [0.05, 0.1) is 27.4 Å². The standard InChI is InChI=1S/C31H43ClN2O6/c1-20(2)40-26-14-10-23(18-28(26)39-6)30(31(36)33-24-11-7-21(3)8-12-24)34(29(35)19-32)16-15-22-9-13-25(37-4)27(17-22)38-5/h9-10,13-14,17-18,20-21,24,30H,7-8,11-12,15-16,19H2,1-6H3,(H,33,36)/t21?,24?,30-/m0/s1. The van der Waals surface area contributed by atoms with Crippen molar-refractivity contribution in [1.29, 1.82) is 0 Å². The summed E-state index contributed by atoms with van der Waals surface area (Å²) in [4.78, 5) is 28.8. The van der Waals surface area contributed by atoms with Gasteiger partial charge >= 0.3 is 0 Å². The molecule has 0 bridgehead atoms. The van der Waals surface area contributed by atoms with Crippen molar-refractivity contribution in [2.75, 3.05) is 33.8 Å². The van der Waals surface area contributed by atoms with E-state index in [9.17, 15) is 9.59 Å². The third-order valence-electron chi connectivity index (χ3n) is 7.31. The zero-order valence-corrected chi connectivity index (χ0v) is 25.3. The van der Waals surface area contributed by atoms with E-state index in [1.807, 2.05) is 38.1 Å². The van der Waals surface area contributed by atoms with Gasteiger partial charge in [0.1, 0.15) is 11.9 Å². The highest BCUT2D eigenvalue weighted by molar-refractivity contribution is 6.27. The maximum atomic E-state index is 14.0. The number of rotatable bonds is 13. The second kappa shape index (κ2) is 15.0. The normalized spacial score (nSPS) is 17.6. The van der Waals surface area contributed by atoms with Crippen LogP contribution in [0.25, 0.3) is 0 Å². The maximum absolute atomic E-state index is 14.0. The van der Waals surface area contributed by atoms with Crippen molar-refractivity contribution < 1.29 is 28.5 Å². The van der Waals surface area contributed by atoms with Crippen molar-refractivity contribution in [1.82, 2.24) is 10.2 Å². The van der Waals surface area contributed by atoms with Crippen LogP contribution in [-0.2, 0) is 16.0 Å². The summed E-state index contributed by atoms with van der Waals surface area (Å²) in [5.74, 6) is 2.12. The number of nitrogens with one attached hydrogen (secondary N) is 1. The summed E-state index contributed by atoms with van der Waals surface area (Å²) in [7, 11) is 4.72. The number of hydrogen-bond acceptors (Lipinski definition) is 6. The molecule has 1 aliphatic rings. The number of carbonyl (C=O) groups excluding carboxylic acids is 2. The van der Waals surface area contributed by atoms with E-state index in [2.05, 4.69) is 12.2 Å². The summed E-state index contributed by atoms with van der Waals surface area (Å²) < 4.78 is 22.3. The first-order chi connectivity index (χ1) is 19.2. The monoisotopic (exact) mass is 574 g/mol. The lowest BCUT2D eigenvalue weighted by atomic mass is 9.87. The van der Waals surface area contributed by atoms with Gasteiger partial charge in [-0.15, -0.1) is 11.6 Å². The van der Waals surface area contributed by atoms with Gasteiger partial charge in [-0.3, -0.25) is 9.59 Å². The maximum Gasteiger partial charge on any atom is 0.247 e. The Labute approximate surface area is 243 Å². The quantitative estimate of drug-likeness (QED) is 0.316. The van der Waals surface area contributed by atoms with Crippen molar-refractivity contribution in [3.05, 3.63) is 47.5 Å². The molecule has 1 fully saturated rings. The molecule has 3 rings (SSSR count). The molecule has 0 aromatic heterocycles. The van der Waals surface area contributed by atoms with Gasteiger partial charge in [0.2, 0.25) is 11.8 Å². The van der Waals surface area contributed by atoms with Gasteiger partial charge < -0.3 is 29.2 Å². The summed E-state index contributed by atoms with van der Waals surface area (Å²) in [5.41, 5.74) is 1.56. The number of ether oxygens (including phenoxy) is 4. The molecule has 0 saturated heterocycles. The van der Waals surface area contributed by atoms with Gasteiger partial charge in [-0.2, -0.15) is 0 Å². The molecule has 2 aromatic rings. The molecule has 0 radical (unpaired) electrons. The van der Waals surface area contributed by atoms with E-state index in [1.54, 1.807) is 38.4 Å². The Bertz CT molecular complexity index is 1130. The number of halogens is 1. The van der Waals surface area contributed by atoms with Gasteiger partial charge in [-0.25, -0.2) is 0 Å². The van der Waals surface area contributed by atoms with Crippen LogP contribution in [0.3, 0.4) is 0 Å². The number of benzene rings is 2. The molecule has 1 saturated carbocycles. The molecule has 2 aromatic carbocycles. The number of amides is 2. The van der Waals surface area contributed by atoms with Crippen molar-refractivity contribution in [2.45, 2.75) is 71.1 Å². The molecule has 8 nitrogen and oxygen atoms in total. The van der Waals surface area contributed by atoms with E-state index in [1.165, 1.54) is 0 Å². The van der Waals surface area contributed by atoms with Crippen LogP contribution < -0.4 is 24.3 Å². The molecule has 1 aliphatic carbocycles. The molecular weight excluding hydrogens is 532 g/mol. The second-order valence-electron chi connectivity index (χ2n) is 10.6. The van der Waals surface area contributed by atoms with Gasteiger partial charge in [-0.05, 0) is 87.3 Å². The summed E-state index contributed by atoms with van der Waals surface area (Å²) in [6.45, 7) is 6.38. The minimum absolute atomic E-state index is 0.0525. The van der Waals surface area contributed by atoms with Crippen LogP contribution in [-0.4, -0.2) is 62.6 Å². The van der Waals surface area contributed by atoms with Crippen LogP contribution in [0.1, 0.15) is 63.6 Å². The molecule has 2 amide bonds. The van der Waals surface area contributed by atoms with E-state index in [0.29, 0.717) is 40.9 Å². The van der Waals surface area contributed by atoms with Crippen molar-refractivity contribution in [2.24, 2.45) is 5.92 Å². The van der Waals surface area contributed by atoms with Crippen molar-refractivity contribution >= 4 is 23.4 Å². The molecule has 0 spiro atoms. The molecule has 1 N–H and O–H groups in total. The van der Waals surface area contributed by atoms with E-state index in [0.717, 1.165) is 31.2 Å². The Hall–Kier alpha value is -3.13. The highest BCUT2D eigenvalue weighted by atomic mass is 35.5. The largest absolute Gasteiger partial charge is 0.493 e. The lowest BCUT2D eigenvalue weighted by molar-refractivity contribution is -0.139. The summed E-state index contributed by atoms with van der Waals surface area (Å²) in [5, 5.41) is 3.23. The molecule has 40 heavy (non-hydrogen) atoms. The second-order valence-corrected chi connectivity index (χ2v) is 10.9. The fourth-order valence-corrected chi connectivity index (χ4v) is 5.28. The fourth-order valence-electron chi connectivity index (χ4n) is 5.12. The van der Waals surface area contributed by atoms with Crippen molar-refractivity contribution in [3.63, 3.8) is 0 Å².